The van der Waals surface area contributed by atoms with Crippen molar-refractivity contribution in [2.24, 2.45) is 0 Å². The molecule has 0 saturated carbocycles. The van der Waals surface area contributed by atoms with Gasteiger partial charge in [-0.15, -0.1) is 0 Å². The van der Waals surface area contributed by atoms with E-state index in [-0.39, 0.29) is 10.8 Å². The summed E-state index contributed by atoms with van der Waals surface area (Å²) in [5.74, 6) is 0.351. The third-order valence-corrected chi connectivity index (χ3v) is 13.0. The van der Waals surface area contributed by atoms with E-state index < -0.39 is 13.9 Å². The summed E-state index contributed by atoms with van der Waals surface area (Å²) < 4.78 is 18.9. The van der Waals surface area contributed by atoms with Crippen molar-refractivity contribution in [3.05, 3.63) is 28.8 Å². The predicted molar refractivity (Wildman–Crippen MR) is 248 cm³/mol. The summed E-state index contributed by atoms with van der Waals surface area (Å²) in [7, 11) is -3.20. The Morgan fingerprint density at radius 1 is 0.446 bits per heavy atom. The molecule has 56 heavy (non-hydrogen) atoms. The Morgan fingerprint density at radius 2 is 0.679 bits per heavy atom. The second-order valence-corrected chi connectivity index (χ2v) is 20.6. The van der Waals surface area contributed by atoms with E-state index in [0.29, 0.717) is 5.75 Å². The highest BCUT2D eigenvalue weighted by molar-refractivity contribution is 7.32. The molecule has 0 bridgehead atoms. The van der Waals surface area contributed by atoms with Crippen LogP contribution in [-0.4, -0.2) is 10.00 Å². The maximum atomic E-state index is 12.7. The lowest BCUT2D eigenvalue weighted by Crippen LogP contribution is -2.30. The predicted octanol–water partition coefficient (Wildman–Crippen LogP) is 17.9. The molecule has 0 aliphatic rings. The molecule has 0 heterocycles. The van der Waals surface area contributed by atoms with Crippen LogP contribution in [-0.2, 0) is 25.5 Å². The Labute approximate surface area is 350 Å². The van der Waals surface area contributed by atoms with Gasteiger partial charge in [0.1, 0.15) is 11.4 Å². The van der Waals surface area contributed by atoms with Gasteiger partial charge in [-0.25, -0.2) is 0 Å². The summed E-state index contributed by atoms with van der Waals surface area (Å²) in [6.07, 6.45) is 43.8. The number of phenols is 1. The van der Waals surface area contributed by atoms with E-state index >= 15 is 0 Å². The molecular formula is C51H97O4P. The van der Waals surface area contributed by atoms with Gasteiger partial charge in [-0.3, -0.25) is 9.09 Å². The van der Waals surface area contributed by atoms with E-state index in [1.54, 1.807) is 0 Å². The number of phenolic OH excluding ortho intramolecular Hbond substituents is 1. The maximum absolute atomic E-state index is 12.7. The summed E-state index contributed by atoms with van der Waals surface area (Å²) in [5.41, 5.74) is 1.37. The zero-order valence-electron chi connectivity index (χ0n) is 38.9. The molecular weight excluding hydrogens is 708 g/mol. The van der Waals surface area contributed by atoms with Crippen LogP contribution in [0.3, 0.4) is 0 Å². The van der Waals surface area contributed by atoms with Gasteiger partial charge < -0.3 is 10.00 Å². The average Bonchev–Trinajstić information content (AvgIpc) is 3.13. The van der Waals surface area contributed by atoms with E-state index in [4.69, 9.17) is 4.52 Å². The highest BCUT2D eigenvalue weighted by atomic mass is 31.1. The van der Waals surface area contributed by atoms with Gasteiger partial charge in [0.05, 0.1) is 0 Å². The molecule has 4 nitrogen and oxygen atoms in total. The van der Waals surface area contributed by atoms with E-state index in [1.165, 1.54) is 180 Å². The first-order chi connectivity index (χ1) is 26.8. The number of hydrogen-bond acceptors (Lipinski definition) is 3. The first-order valence-electron chi connectivity index (χ1n) is 24.6. The Kier molecular flexibility index (Phi) is 30.4. The second-order valence-electron chi connectivity index (χ2n) is 19.9. The van der Waals surface area contributed by atoms with Gasteiger partial charge in [0.25, 0.3) is 0 Å². The van der Waals surface area contributed by atoms with Crippen LogP contribution in [0.1, 0.15) is 290 Å². The SMILES string of the molecule is CCCCCCCCCCCCCCCCCCC(CCCCCCCCCCCCCCCCCC)(O[PH](=O)O)c1cc(C(C)(C)C)c(O)c(C(C)(C)C)c1. The lowest BCUT2D eigenvalue weighted by atomic mass is 9.74. The molecule has 1 aromatic rings. The topological polar surface area (TPSA) is 66.8 Å². The van der Waals surface area contributed by atoms with Gasteiger partial charge in [-0.2, -0.15) is 0 Å². The monoisotopic (exact) mass is 805 g/mol. The van der Waals surface area contributed by atoms with Crippen molar-refractivity contribution in [1.29, 1.82) is 0 Å². The fourth-order valence-corrected chi connectivity index (χ4v) is 9.36. The van der Waals surface area contributed by atoms with Crippen molar-refractivity contribution in [2.45, 2.75) is 290 Å². The summed E-state index contributed by atoms with van der Waals surface area (Å²) in [4.78, 5) is 10.4. The Hall–Kier alpha value is -0.830. The molecule has 0 amide bonds. The lowest BCUT2D eigenvalue weighted by molar-refractivity contribution is 0.0377. The largest absolute Gasteiger partial charge is 0.507 e. The Balaban J connectivity index is 2.75. The summed E-state index contributed by atoms with van der Waals surface area (Å²) in [6.45, 7) is 17.4. The molecule has 0 aliphatic carbocycles. The van der Waals surface area contributed by atoms with Gasteiger partial charge >= 0.3 is 8.25 Å². The highest BCUT2D eigenvalue weighted by Crippen LogP contribution is 2.48. The molecule has 1 aromatic carbocycles. The van der Waals surface area contributed by atoms with Crippen molar-refractivity contribution in [3.8, 4) is 5.75 Å². The fraction of sp³-hybridized carbons (Fsp3) is 0.882. The van der Waals surface area contributed by atoms with Gasteiger partial charge in [-0.1, -0.05) is 261 Å². The van der Waals surface area contributed by atoms with E-state index in [1.807, 2.05) is 0 Å². The normalized spacial score (nSPS) is 13.2. The molecule has 0 radical (unpaired) electrons. The Bertz CT molecular complexity index is 1030. The molecule has 0 aliphatic heterocycles. The summed E-state index contributed by atoms with van der Waals surface area (Å²) in [5, 5.41) is 11.5. The van der Waals surface area contributed by atoms with Crippen LogP contribution < -0.4 is 0 Å². The Morgan fingerprint density at radius 3 is 0.893 bits per heavy atom. The molecule has 2 N–H and O–H groups in total. The zero-order valence-corrected chi connectivity index (χ0v) is 39.9. The molecule has 330 valence electrons. The number of unbranched alkanes of at least 4 members (excludes halogenated alkanes) is 30. The smallest absolute Gasteiger partial charge is 0.317 e. The van der Waals surface area contributed by atoms with Crippen molar-refractivity contribution < 1.29 is 19.1 Å². The average molecular weight is 805 g/mol. The molecule has 5 heteroatoms. The van der Waals surface area contributed by atoms with Crippen LogP contribution in [0, 0.1) is 0 Å². The van der Waals surface area contributed by atoms with Crippen LogP contribution >= 0.6 is 8.25 Å². The van der Waals surface area contributed by atoms with E-state index in [0.717, 1.165) is 55.2 Å². The van der Waals surface area contributed by atoms with Gasteiger partial charge in [0, 0.05) is 0 Å². The second kappa shape index (κ2) is 32.0. The molecule has 0 spiro atoms. The van der Waals surface area contributed by atoms with Crippen LogP contribution in [0.15, 0.2) is 12.1 Å². The molecule has 1 atom stereocenters. The third-order valence-electron chi connectivity index (χ3n) is 12.4. The maximum Gasteiger partial charge on any atom is 0.317 e. The lowest BCUT2D eigenvalue weighted by Gasteiger charge is -2.37. The van der Waals surface area contributed by atoms with E-state index in [9.17, 15) is 14.6 Å². The first kappa shape index (κ1) is 53.2. The minimum Gasteiger partial charge on any atom is -0.507 e. The zero-order chi connectivity index (χ0) is 41.5. The number of benzene rings is 1. The standard InChI is InChI=1S/C51H97O4P/c1-9-11-13-15-17-19-21-23-25-27-29-31-33-35-37-39-41-51(55-56(53)54,45-43-46(49(3,4)5)48(52)47(44-45)50(6,7)8)42-40-38-36-34-32-30-28-26-24-22-20-18-16-14-12-10-2/h43-44,52,56H,9-42H2,1-8H3,(H,53,54). The van der Waals surface area contributed by atoms with Crippen molar-refractivity contribution in [1.82, 2.24) is 0 Å². The minimum atomic E-state index is -3.20. The van der Waals surface area contributed by atoms with Crippen molar-refractivity contribution in [3.63, 3.8) is 0 Å². The van der Waals surface area contributed by atoms with Crippen LogP contribution in [0.4, 0.5) is 0 Å². The van der Waals surface area contributed by atoms with Crippen LogP contribution in [0.5, 0.6) is 5.75 Å². The summed E-state index contributed by atoms with van der Waals surface area (Å²) in [6, 6.07) is 4.21. The molecule has 0 fully saturated rings. The van der Waals surface area contributed by atoms with Crippen molar-refractivity contribution in [2.75, 3.05) is 0 Å². The van der Waals surface area contributed by atoms with Gasteiger partial charge in [-0.05, 0) is 52.5 Å². The first-order valence-corrected chi connectivity index (χ1v) is 25.8. The van der Waals surface area contributed by atoms with Crippen molar-refractivity contribution >= 4 is 8.25 Å². The quantitative estimate of drug-likeness (QED) is 0.0519. The molecule has 1 rings (SSSR count). The van der Waals surface area contributed by atoms with E-state index in [2.05, 4.69) is 67.5 Å². The van der Waals surface area contributed by atoms with Gasteiger partial charge in [0.15, 0.2) is 0 Å². The number of aromatic hydroxyl groups is 1. The molecule has 0 aromatic heterocycles. The summed E-state index contributed by atoms with van der Waals surface area (Å²) >= 11 is 0. The van der Waals surface area contributed by atoms with Crippen LogP contribution in [0.2, 0.25) is 0 Å². The number of rotatable bonds is 37. The van der Waals surface area contributed by atoms with Gasteiger partial charge in [0.2, 0.25) is 0 Å². The number of hydrogen-bond donors (Lipinski definition) is 2. The minimum absolute atomic E-state index is 0.279. The fourth-order valence-electron chi connectivity index (χ4n) is 8.70. The highest BCUT2D eigenvalue weighted by Gasteiger charge is 2.38. The molecule has 1 unspecified atom stereocenters. The third kappa shape index (κ3) is 24.9. The van der Waals surface area contributed by atoms with Crippen LogP contribution in [0.25, 0.3) is 0 Å². The molecule has 0 saturated heterocycles.